The first kappa shape index (κ1) is 25.0. The van der Waals surface area contributed by atoms with Crippen LogP contribution in [-0.4, -0.2) is 49.7 Å². The zero-order valence-electron chi connectivity index (χ0n) is 18.0. The van der Waals surface area contributed by atoms with E-state index in [-0.39, 0.29) is 24.0 Å². The van der Waals surface area contributed by atoms with Crippen molar-refractivity contribution in [2.45, 2.75) is 71.6 Å². The Kier molecular flexibility index (Phi) is 12.5. The van der Waals surface area contributed by atoms with Crippen molar-refractivity contribution >= 4 is 29.9 Å². The number of rotatable bonds is 11. The van der Waals surface area contributed by atoms with Gasteiger partial charge in [0.25, 0.3) is 0 Å². The number of ether oxygens (including phenoxy) is 1. The molecule has 2 rings (SSSR count). The van der Waals surface area contributed by atoms with Gasteiger partial charge in [-0.1, -0.05) is 32.0 Å². The molecule has 1 fully saturated rings. The molecule has 1 unspecified atom stereocenters. The third-order valence-corrected chi connectivity index (χ3v) is 5.38. The molecule has 0 radical (unpaired) electrons. The van der Waals surface area contributed by atoms with Crippen LogP contribution < -0.4 is 15.4 Å². The Hall–Kier alpha value is -1.02. The first-order chi connectivity index (χ1) is 13.2. The van der Waals surface area contributed by atoms with E-state index in [1.54, 1.807) is 0 Å². The SMILES string of the molecule is CCN(CC)CCCC(C)NC(=NC)NCc1ccccc1OC1CCC1.I. The zero-order chi connectivity index (χ0) is 19.5. The molecule has 0 saturated heterocycles. The fourth-order valence-electron chi connectivity index (χ4n) is 3.27. The van der Waals surface area contributed by atoms with Gasteiger partial charge in [-0.15, -0.1) is 24.0 Å². The van der Waals surface area contributed by atoms with Gasteiger partial charge in [-0.3, -0.25) is 4.99 Å². The molecule has 6 heteroatoms. The Morgan fingerprint density at radius 2 is 1.96 bits per heavy atom. The molecule has 0 bridgehead atoms. The van der Waals surface area contributed by atoms with Crippen LogP contribution in [0.25, 0.3) is 0 Å². The van der Waals surface area contributed by atoms with Gasteiger partial charge in [0.05, 0.1) is 6.10 Å². The van der Waals surface area contributed by atoms with Gasteiger partial charge in [-0.25, -0.2) is 0 Å². The van der Waals surface area contributed by atoms with Gasteiger partial charge < -0.3 is 20.3 Å². The van der Waals surface area contributed by atoms with Gasteiger partial charge in [0.15, 0.2) is 5.96 Å². The van der Waals surface area contributed by atoms with Gasteiger partial charge in [-0.05, 0) is 64.7 Å². The largest absolute Gasteiger partial charge is 0.490 e. The molecule has 28 heavy (non-hydrogen) atoms. The highest BCUT2D eigenvalue weighted by Gasteiger charge is 2.20. The second-order valence-electron chi connectivity index (χ2n) is 7.42. The third-order valence-electron chi connectivity index (χ3n) is 5.38. The molecular formula is C22H39IN4O. The van der Waals surface area contributed by atoms with Gasteiger partial charge >= 0.3 is 0 Å². The van der Waals surface area contributed by atoms with Crippen molar-refractivity contribution in [3.63, 3.8) is 0 Å². The lowest BCUT2D eigenvalue weighted by atomic mass is 9.96. The predicted molar refractivity (Wildman–Crippen MR) is 130 cm³/mol. The van der Waals surface area contributed by atoms with Crippen LogP contribution in [0.15, 0.2) is 29.3 Å². The van der Waals surface area contributed by atoms with Crippen LogP contribution in [0, 0.1) is 0 Å². The standard InChI is InChI=1S/C22H38N4O.HI/c1-5-26(6-2)16-10-11-18(3)25-22(23-4)24-17-19-12-7-8-15-21(19)27-20-13-9-14-20;/h7-8,12,15,18,20H,5-6,9-11,13-14,16-17H2,1-4H3,(H2,23,24,25);1H. The molecule has 5 nitrogen and oxygen atoms in total. The van der Waals surface area contributed by atoms with E-state index < -0.39 is 0 Å². The summed E-state index contributed by atoms with van der Waals surface area (Å²) in [7, 11) is 1.83. The lowest BCUT2D eigenvalue weighted by Gasteiger charge is -2.27. The first-order valence-corrected chi connectivity index (χ1v) is 10.6. The molecule has 0 amide bonds. The third kappa shape index (κ3) is 8.55. The molecule has 0 heterocycles. The normalized spacial score (nSPS) is 15.5. The van der Waals surface area contributed by atoms with E-state index in [9.17, 15) is 0 Å². The predicted octanol–water partition coefficient (Wildman–Crippen LogP) is 4.41. The summed E-state index contributed by atoms with van der Waals surface area (Å²) in [5.74, 6) is 1.85. The van der Waals surface area contributed by atoms with E-state index in [1.807, 2.05) is 13.1 Å². The van der Waals surface area contributed by atoms with Crippen LogP contribution in [0.5, 0.6) is 5.75 Å². The van der Waals surface area contributed by atoms with E-state index in [0.717, 1.165) is 37.8 Å². The van der Waals surface area contributed by atoms with Crippen molar-refractivity contribution < 1.29 is 4.74 Å². The van der Waals surface area contributed by atoms with Crippen LogP contribution >= 0.6 is 24.0 Å². The number of nitrogens with zero attached hydrogens (tertiary/aromatic N) is 2. The van der Waals surface area contributed by atoms with Gasteiger partial charge in [-0.2, -0.15) is 0 Å². The summed E-state index contributed by atoms with van der Waals surface area (Å²) < 4.78 is 6.12. The Balaban J connectivity index is 0.00000392. The molecule has 0 aromatic heterocycles. The van der Waals surface area contributed by atoms with E-state index in [4.69, 9.17) is 4.74 Å². The van der Waals surface area contributed by atoms with Crippen molar-refractivity contribution in [2.75, 3.05) is 26.7 Å². The Labute approximate surface area is 188 Å². The summed E-state index contributed by atoms with van der Waals surface area (Å²) in [6.45, 7) is 10.8. The molecule has 1 saturated carbocycles. The highest BCUT2D eigenvalue weighted by Crippen LogP contribution is 2.27. The number of benzene rings is 1. The molecule has 1 atom stereocenters. The topological polar surface area (TPSA) is 48.9 Å². The van der Waals surface area contributed by atoms with E-state index in [2.05, 4.69) is 59.5 Å². The minimum Gasteiger partial charge on any atom is -0.490 e. The van der Waals surface area contributed by atoms with Crippen LogP contribution in [0.1, 0.15) is 58.4 Å². The Bertz CT molecular complexity index is 573. The summed E-state index contributed by atoms with van der Waals surface area (Å²) in [5.41, 5.74) is 1.18. The molecule has 160 valence electrons. The molecule has 1 aliphatic carbocycles. The molecule has 0 aliphatic heterocycles. The highest BCUT2D eigenvalue weighted by molar-refractivity contribution is 14.0. The maximum Gasteiger partial charge on any atom is 0.191 e. The molecule has 1 aromatic carbocycles. The van der Waals surface area contributed by atoms with Gasteiger partial charge in [0, 0.05) is 25.2 Å². The van der Waals surface area contributed by atoms with Crippen molar-refractivity contribution in [1.82, 2.24) is 15.5 Å². The fraction of sp³-hybridized carbons (Fsp3) is 0.682. The monoisotopic (exact) mass is 502 g/mol. The first-order valence-electron chi connectivity index (χ1n) is 10.6. The number of halogens is 1. The van der Waals surface area contributed by atoms with E-state index in [0.29, 0.717) is 18.7 Å². The number of guanidine groups is 1. The second kappa shape index (κ2) is 14.0. The van der Waals surface area contributed by atoms with Crippen molar-refractivity contribution in [2.24, 2.45) is 4.99 Å². The number of aliphatic imine (C=N–C) groups is 1. The zero-order valence-corrected chi connectivity index (χ0v) is 20.4. The van der Waals surface area contributed by atoms with Crippen LogP contribution in [0.4, 0.5) is 0 Å². The average molecular weight is 502 g/mol. The minimum absolute atomic E-state index is 0. The van der Waals surface area contributed by atoms with Gasteiger partial charge in [0.1, 0.15) is 5.75 Å². The number of hydrogen-bond acceptors (Lipinski definition) is 3. The molecule has 0 spiro atoms. The van der Waals surface area contributed by atoms with Crippen LogP contribution in [0.2, 0.25) is 0 Å². The molecule has 1 aliphatic rings. The Morgan fingerprint density at radius 3 is 2.57 bits per heavy atom. The molecular weight excluding hydrogens is 463 g/mol. The number of para-hydroxylation sites is 1. The van der Waals surface area contributed by atoms with Crippen molar-refractivity contribution in [1.29, 1.82) is 0 Å². The molecule has 2 N–H and O–H groups in total. The lowest BCUT2D eigenvalue weighted by Crippen LogP contribution is -2.42. The second-order valence-corrected chi connectivity index (χ2v) is 7.42. The highest BCUT2D eigenvalue weighted by atomic mass is 127. The summed E-state index contributed by atoms with van der Waals surface area (Å²) in [6, 6.07) is 8.70. The summed E-state index contributed by atoms with van der Waals surface area (Å²) in [6.07, 6.45) is 6.37. The number of nitrogens with one attached hydrogen (secondary N) is 2. The lowest BCUT2D eigenvalue weighted by molar-refractivity contribution is 0.119. The van der Waals surface area contributed by atoms with Crippen LogP contribution in [-0.2, 0) is 6.54 Å². The maximum absolute atomic E-state index is 6.12. The van der Waals surface area contributed by atoms with Gasteiger partial charge in [0.2, 0.25) is 0 Å². The number of hydrogen-bond donors (Lipinski definition) is 2. The smallest absolute Gasteiger partial charge is 0.191 e. The fourth-order valence-corrected chi connectivity index (χ4v) is 3.27. The maximum atomic E-state index is 6.12. The summed E-state index contributed by atoms with van der Waals surface area (Å²) >= 11 is 0. The van der Waals surface area contributed by atoms with Crippen molar-refractivity contribution in [3.8, 4) is 5.75 Å². The minimum atomic E-state index is 0. The summed E-state index contributed by atoms with van der Waals surface area (Å²) in [4.78, 5) is 6.85. The van der Waals surface area contributed by atoms with Crippen LogP contribution in [0.3, 0.4) is 0 Å². The van der Waals surface area contributed by atoms with Crippen molar-refractivity contribution in [3.05, 3.63) is 29.8 Å². The summed E-state index contributed by atoms with van der Waals surface area (Å²) in [5, 5.41) is 6.95. The molecule has 1 aromatic rings. The van der Waals surface area contributed by atoms with E-state index >= 15 is 0 Å². The van der Waals surface area contributed by atoms with E-state index in [1.165, 1.54) is 31.2 Å². The average Bonchev–Trinajstić information content (AvgIpc) is 2.66. The Morgan fingerprint density at radius 1 is 1.25 bits per heavy atom. The quantitative estimate of drug-likeness (QED) is 0.268.